The lowest BCUT2D eigenvalue weighted by Gasteiger charge is -2.31. The van der Waals surface area contributed by atoms with Crippen molar-refractivity contribution in [1.29, 1.82) is 0 Å². The monoisotopic (exact) mass is 1290 g/mol. The number of aromatic nitrogens is 2. The van der Waals surface area contributed by atoms with Gasteiger partial charge in [0.15, 0.2) is 11.4 Å². The number of rotatable bonds is 43. The van der Waals surface area contributed by atoms with Crippen molar-refractivity contribution in [3.63, 3.8) is 0 Å². The van der Waals surface area contributed by atoms with E-state index in [2.05, 4.69) is 26.6 Å². The van der Waals surface area contributed by atoms with E-state index in [-0.39, 0.29) is 107 Å². The first-order valence-corrected chi connectivity index (χ1v) is 31.4. The maximum Gasteiger partial charge on any atom is 0.343 e. The van der Waals surface area contributed by atoms with Gasteiger partial charge in [-0.15, -0.1) is 0 Å². The van der Waals surface area contributed by atoms with E-state index in [1.807, 2.05) is 18.2 Å². The quantitative estimate of drug-likeness (QED) is 0.0166. The van der Waals surface area contributed by atoms with Crippen molar-refractivity contribution in [3.05, 3.63) is 110 Å². The number of fused-ring (bicyclic) bond motifs is 5. The van der Waals surface area contributed by atoms with Gasteiger partial charge in [0.25, 0.3) is 17.4 Å². The molecule has 8 rings (SSSR count). The number of aryl methyl sites for hydroxylation is 2. The second kappa shape index (κ2) is 36.3. The Morgan fingerprint density at radius 2 is 1.19 bits per heavy atom. The molecule has 3 aliphatic heterocycles. The van der Waals surface area contributed by atoms with Crippen LogP contribution in [0, 0.1) is 0 Å². The highest BCUT2D eigenvalue weighted by Crippen LogP contribution is 2.43. The Balaban J connectivity index is 0.617. The van der Waals surface area contributed by atoms with Crippen LogP contribution in [0.4, 0.5) is 0 Å². The molecule has 2 aromatic heterocycles. The number of carbonyl (C=O) groups excluding carboxylic acids is 9. The van der Waals surface area contributed by atoms with Crippen LogP contribution in [-0.4, -0.2) is 217 Å². The lowest BCUT2D eigenvalue weighted by atomic mass is 9.83. The van der Waals surface area contributed by atoms with E-state index < -0.39 is 66.1 Å². The van der Waals surface area contributed by atoms with Crippen LogP contribution < -0.4 is 32.1 Å². The predicted molar refractivity (Wildman–Crippen MR) is 331 cm³/mol. The summed E-state index contributed by atoms with van der Waals surface area (Å²) in [5.74, 6) is -4.51. The number of pyridine rings is 2. The maximum absolute atomic E-state index is 13.9. The number of ether oxygens (including phenoxy) is 9. The van der Waals surface area contributed by atoms with E-state index in [1.54, 1.807) is 41.8 Å². The SMILES string of the molecule is CC[C@@]1(O)C(=O)OCc2c1cc1n(c2=O)Cc2c-1nc1ccc(CC(=O)CNC(=O)C(Cc3ccccc3)NC(=O)CNC(=O)CNC(=O)CCOCCOCCOCCOCCOCCOCCOCCOCCNC(=O)CCN3C(=O)C=CC3=O)c3c1c2CCC3. The largest absolute Gasteiger partial charge is 0.458 e. The third kappa shape index (κ3) is 20.4. The molecular weight excluding hydrogens is 1210 g/mol. The minimum atomic E-state index is -1.94. The molecule has 0 spiro atoms. The molecule has 1 unspecified atom stereocenters. The summed E-state index contributed by atoms with van der Waals surface area (Å²) in [6.07, 6.45) is 4.72. The molecule has 0 saturated heterocycles. The van der Waals surface area contributed by atoms with Gasteiger partial charge < -0.3 is 78.9 Å². The number of cyclic esters (lactones) is 1. The van der Waals surface area contributed by atoms with E-state index in [9.17, 15) is 53.1 Å². The van der Waals surface area contributed by atoms with Gasteiger partial charge >= 0.3 is 5.97 Å². The van der Waals surface area contributed by atoms with Crippen LogP contribution in [-0.2, 0) is 130 Å². The highest BCUT2D eigenvalue weighted by Gasteiger charge is 2.46. The zero-order valence-corrected chi connectivity index (χ0v) is 52.3. The molecule has 0 fully saturated rings. The summed E-state index contributed by atoms with van der Waals surface area (Å²) in [5, 5.41) is 25.2. The topological polar surface area (TPSA) is 355 Å². The van der Waals surface area contributed by atoms with E-state index in [0.717, 1.165) is 50.9 Å². The Labute approximate surface area is 537 Å². The second-order valence-corrected chi connectivity index (χ2v) is 22.2. The van der Waals surface area contributed by atoms with Crippen molar-refractivity contribution >= 4 is 64.0 Å². The number of benzene rings is 2. The normalized spacial score (nSPS) is 15.5. The van der Waals surface area contributed by atoms with Crippen molar-refractivity contribution in [1.82, 2.24) is 41.0 Å². The van der Waals surface area contributed by atoms with Crippen molar-refractivity contribution in [3.8, 4) is 11.4 Å². The van der Waals surface area contributed by atoms with Gasteiger partial charge in [0.2, 0.25) is 29.5 Å². The number of esters is 1. The van der Waals surface area contributed by atoms with E-state index in [0.29, 0.717) is 116 Å². The van der Waals surface area contributed by atoms with Crippen LogP contribution in [0.2, 0.25) is 0 Å². The van der Waals surface area contributed by atoms with Crippen LogP contribution in [0.15, 0.2) is 65.5 Å². The zero-order valence-electron chi connectivity index (χ0n) is 52.3. The van der Waals surface area contributed by atoms with Crippen LogP contribution in [0.3, 0.4) is 0 Å². The van der Waals surface area contributed by atoms with Crippen LogP contribution in [0.25, 0.3) is 22.3 Å². The number of imide groups is 1. The first kappa shape index (κ1) is 70.7. The molecule has 28 heteroatoms. The second-order valence-electron chi connectivity index (χ2n) is 22.2. The van der Waals surface area contributed by atoms with Gasteiger partial charge in [0, 0.05) is 67.4 Å². The van der Waals surface area contributed by atoms with E-state index in [1.165, 1.54) is 12.2 Å². The molecule has 7 amide bonds. The summed E-state index contributed by atoms with van der Waals surface area (Å²) in [6, 6.07) is 13.3. The average molecular weight is 1300 g/mol. The Hall–Kier alpha value is -8.19. The molecule has 0 radical (unpaired) electrons. The molecule has 2 atom stereocenters. The Kier molecular flexibility index (Phi) is 27.6. The number of hydrogen-bond acceptors (Lipinski definition) is 21. The molecule has 0 saturated carbocycles. The van der Waals surface area contributed by atoms with Crippen molar-refractivity contribution in [2.75, 3.05) is 138 Å². The fraction of sp³-hybridized carbons (Fsp3) is 0.523. The smallest absolute Gasteiger partial charge is 0.343 e. The first-order valence-electron chi connectivity index (χ1n) is 31.4. The van der Waals surface area contributed by atoms with Gasteiger partial charge in [0.05, 0.1) is 154 Å². The lowest BCUT2D eigenvalue weighted by Crippen LogP contribution is -2.51. The molecule has 4 aromatic rings. The van der Waals surface area contributed by atoms with Crippen molar-refractivity contribution < 1.29 is 90.9 Å². The molecular formula is C65H82N8O20. The number of aliphatic hydroxyl groups is 1. The number of nitrogens with one attached hydrogen (secondary N) is 5. The highest BCUT2D eigenvalue weighted by atomic mass is 16.6. The molecule has 6 N–H and O–H groups in total. The van der Waals surface area contributed by atoms with Gasteiger partial charge in [-0.05, 0) is 60.1 Å². The summed E-state index contributed by atoms with van der Waals surface area (Å²) >= 11 is 0. The van der Waals surface area contributed by atoms with Gasteiger partial charge in [-0.3, -0.25) is 48.1 Å². The third-order valence-electron chi connectivity index (χ3n) is 15.8. The number of hydrogen-bond donors (Lipinski definition) is 6. The van der Waals surface area contributed by atoms with Crippen LogP contribution >= 0.6 is 0 Å². The Morgan fingerprint density at radius 3 is 1.82 bits per heavy atom. The van der Waals surface area contributed by atoms with Gasteiger partial charge in [-0.25, -0.2) is 9.78 Å². The van der Waals surface area contributed by atoms with E-state index >= 15 is 0 Å². The standard InChI is InChI=1S/C65H82N8O20/c1-2-65(84)50-37-53-61-48(41-73(53)63(82)49(50)42-93-64(65)83)47-10-6-9-46-44(11-12-51(71-61)60(46)47)36-45(74)38-69-62(81)52(35-43-7-4-3-5-8-43)70-57(78)40-68-56(77)39-67-55(76)16-19-85-21-23-87-25-27-89-29-31-91-33-34-92-32-30-90-28-26-88-24-22-86-20-17-66-54(75)15-18-72-58(79)13-14-59(72)80/h3-5,7-8,11-14,37,52,84H,2,6,9-10,15-36,38-42H2,1H3,(H,66,75)(H,67,76)(H,68,77)(H,69,81)(H,70,78)/t52?,65-/m0/s1. The minimum Gasteiger partial charge on any atom is -0.458 e. The summed E-state index contributed by atoms with van der Waals surface area (Å²) in [6.45, 7) is 6.27. The van der Waals surface area contributed by atoms with E-state index in [4.69, 9.17) is 47.6 Å². The lowest BCUT2D eigenvalue weighted by molar-refractivity contribution is -0.172. The fourth-order valence-electron chi connectivity index (χ4n) is 11.0. The first-order chi connectivity index (χ1) is 45.1. The number of Topliss-reactive ketones (excluding diaryl/α,β-unsaturated/α-hetero) is 1. The molecule has 93 heavy (non-hydrogen) atoms. The Bertz CT molecular complexity index is 3380. The highest BCUT2D eigenvalue weighted by molar-refractivity contribution is 6.13. The average Bonchev–Trinajstić information content (AvgIpc) is 1.62. The van der Waals surface area contributed by atoms with Crippen molar-refractivity contribution in [2.45, 2.75) is 83.1 Å². The van der Waals surface area contributed by atoms with Crippen LogP contribution in [0.5, 0.6) is 0 Å². The molecule has 28 nitrogen and oxygen atoms in total. The zero-order chi connectivity index (χ0) is 66.0. The Morgan fingerprint density at radius 1 is 0.624 bits per heavy atom. The molecule has 5 heterocycles. The van der Waals surface area contributed by atoms with Gasteiger partial charge in [-0.1, -0.05) is 43.3 Å². The minimum absolute atomic E-state index is 0.0165. The number of ketones is 1. The van der Waals surface area contributed by atoms with Crippen molar-refractivity contribution in [2.24, 2.45) is 0 Å². The molecule has 502 valence electrons. The molecule has 4 aliphatic rings. The summed E-state index contributed by atoms with van der Waals surface area (Å²) in [4.78, 5) is 133. The number of nitrogens with zero attached hydrogens (tertiary/aromatic N) is 3. The summed E-state index contributed by atoms with van der Waals surface area (Å²) < 4.78 is 50.6. The maximum atomic E-state index is 13.9. The fourth-order valence-corrected chi connectivity index (χ4v) is 11.0. The van der Waals surface area contributed by atoms with Crippen LogP contribution in [0.1, 0.15) is 71.6 Å². The number of amides is 7. The predicted octanol–water partition coefficient (Wildman–Crippen LogP) is -0.290. The van der Waals surface area contributed by atoms with Gasteiger partial charge in [-0.2, -0.15) is 0 Å². The third-order valence-corrected chi connectivity index (χ3v) is 15.8. The molecule has 0 bridgehead atoms. The number of carbonyl (C=O) groups is 9. The summed E-state index contributed by atoms with van der Waals surface area (Å²) in [7, 11) is 0. The summed E-state index contributed by atoms with van der Waals surface area (Å²) in [5.41, 5.74) is 4.46. The molecule has 2 aromatic carbocycles. The molecule has 1 aliphatic carbocycles. The van der Waals surface area contributed by atoms with Gasteiger partial charge in [0.1, 0.15) is 12.6 Å².